The minimum Gasteiger partial charge on any atom is -0.480 e. The number of pyridine rings is 1. The second-order valence-electron chi connectivity index (χ2n) is 7.67. The summed E-state index contributed by atoms with van der Waals surface area (Å²) in [6, 6.07) is 16.8. The third-order valence-electron chi connectivity index (χ3n) is 5.87. The van der Waals surface area contributed by atoms with Gasteiger partial charge in [0.25, 0.3) is 0 Å². The molecule has 0 aliphatic carbocycles. The molecule has 6 nitrogen and oxygen atoms in total. The lowest BCUT2D eigenvalue weighted by Crippen LogP contribution is -2.46. The van der Waals surface area contributed by atoms with Gasteiger partial charge in [-0.25, -0.2) is 4.98 Å². The standard InChI is InChI=1S/C23H28N4O2/c1-2-26(17-22(28)29)19-11-14-25(15-12-19)16-20-23(18-8-4-3-5-9-18)24-21-10-6-7-13-27(20)21/h3-10,13,19H,2,11-12,14-17H2,1H3,(H,28,29). The van der Waals surface area contributed by atoms with Gasteiger partial charge in [-0.2, -0.15) is 0 Å². The van der Waals surface area contributed by atoms with Crippen LogP contribution >= 0.6 is 0 Å². The molecular formula is C23H28N4O2. The topological polar surface area (TPSA) is 61.1 Å². The molecule has 152 valence electrons. The zero-order chi connectivity index (χ0) is 20.2. The first kappa shape index (κ1) is 19.6. The summed E-state index contributed by atoms with van der Waals surface area (Å²) in [6.07, 6.45) is 4.08. The zero-order valence-electron chi connectivity index (χ0n) is 16.9. The number of fused-ring (bicyclic) bond motifs is 1. The summed E-state index contributed by atoms with van der Waals surface area (Å²) in [5.41, 5.74) is 4.36. The quantitative estimate of drug-likeness (QED) is 0.668. The van der Waals surface area contributed by atoms with Crippen molar-refractivity contribution in [1.29, 1.82) is 0 Å². The lowest BCUT2D eigenvalue weighted by atomic mass is 10.0. The molecule has 29 heavy (non-hydrogen) atoms. The Labute approximate surface area is 171 Å². The first-order valence-corrected chi connectivity index (χ1v) is 10.3. The molecule has 3 heterocycles. The van der Waals surface area contributed by atoms with Crippen molar-refractivity contribution in [3.8, 4) is 11.3 Å². The van der Waals surface area contributed by atoms with Crippen LogP contribution in [0.3, 0.4) is 0 Å². The predicted molar refractivity (Wildman–Crippen MR) is 114 cm³/mol. The molecule has 0 atom stereocenters. The van der Waals surface area contributed by atoms with E-state index >= 15 is 0 Å². The van der Waals surface area contributed by atoms with E-state index in [0.29, 0.717) is 6.04 Å². The fourth-order valence-corrected chi connectivity index (χ4v) is 4.35. The van der Waals surface area contributed by atoms with Crippen molar-refractivity contribution in [2.75, 3.05) is 26.2 Å². The van der Waals surface area contributed by atoms with Gasteiger partial charge in [0.15, 0.2) is 0 Å². The number of likely N-dealkylation sites (tertiary alicyclic amines) is 1. The fourth-order valence-electron chi connectivity index (χ4n) is 4.35. The van der Waals surface area contributed by atoms with Crippen molar-refractivity contribution < 1.29 is 9.90 Å². The summed E-state index contributed by atoms with van der Waals surface area (Å²) >= 11 is 0. The van der Waals surface area contributed by atoms with Gasteiger partial charge in [0.1, 0.15) is 5.65 Å². The monoisotopic (exact) mass is 392 g/mol. The van der Waals surface area contributed by atoms with E-state index < -0.39 is 5.97 Å². The molecule has 0 unspecified atom stereocenters. The van der Waals surface area contributed by atoms with Crippen molar-refractivity contribution in [2.24, 2.45) is 0 Å². The third-order valence-corrected chi connectivity index (χ3v) is 5.87. The molecule has 0 bridgehead atoms. The van der Waals surface area contributed by atoms with E-state index in [0.717, 1.165) is 55.9 Å². The van der Waals surface area contributed by atoms with E-state index in [2.05, 4.69) is 44.7 Å². The zero-order valence-corrected chi connectivity index (χ0v) is 16.9. The van der Waals surface area contributed by atoms with E-state index in [9.17, 15) is 4.79 Å². The highest BCUT2D eigenvalue weighted by atomic mass is 16.4. The highest BCUT2D eigenvalue weighted by Gasteiger charge is 2.26. The summed E-state index contributed by atoms with van der Waals surface area (Å²) in [5, 5.41) is 9.15. The van der Waals surface area contributed by atoms with Crippen LogP contribution < -0.4 is 0 Å². The van der Waals surface area contributed by atoms with Gasteiger partial charge < -0.3 is 9.51 Å². The number of rotatable bonds is 7. The summed E-state index contributed by atoms with van der Waals surface area (Å²) in [5.74, 6) is -0.743. The number of imidazole rings is 1. The minimum atomic E-state index is -0.743. The number of carbonyl (C=O) groups is 1. The van der Waals surface area contributed by atoms with Crippen molar-refractivity contribution in [1.82, 2.24) is 19.2 Å². The smallest absolute Gasteiger partial charge is 0.317 e. The molecule has 4 rings (SSSR count). The van der Waals surface area contributed by atoms with E-state index in [1.165, 1.54) is 5.69 Å². The van der Waals surface area contributed by atoms with Crippen LogP contribution in [-0.2, 0) is 11.3 Å². The van der Waals surface area contributed by atoms with E-state index in [-0.39, 0.29) is 6.54 Å². The molecular weight excluding hydrogens is 364 g/mol. The van der Waals surface area contributed by atoms with Gasteiger partial charge in [-0.05, 0) is 31.5 Å². The molecule has 1 aliphatic heterocycles. The number of aromatic nitrogens is 2. The summed E-state index contributed by atoms with van der Waals surface area (Å²) < 4.78 is 2.19. The summed E-state index contributed by atoms with van der Waals surface area (Å²) in [7, 11) is 0. The lowest BCUT2D eigenvalue weighted by molar-refractivity contribution is -0.139. The van der Waals surface area contributed by atoms with Gasteiger partial charge in [0, 0.05) is 37.4 Å². The fraction of sp³-hybridized carbons (Fsp3) is 0.391. The van der Waals surface area contributed by atoms with E-state index in [4.69, 9.17) is 10.1 Å². The largest absolute Gasteiger partial charge is 0.480 e. The maximum Gasteiger partial charge on any atom is 0.317 e. The van der Waals surface area contributed by atoms with Crippen molar-refractivity contribution >= 4 is 11.6 Å². The highest BCUT2D eigenvalue weighted by Crippen LogP contribution is 2.27. The molecule has 0 amide bonds. The predicted octanol–water partition coefficient (Wildman–Crippen LogP) is 3.37. The molecule has 0 radical (unpaired) electrons. The molecule has 1 aromatic carbocycles. The van der Waals surface area contributed by atoms with E-state index in [1.807, 2.05) is 31.2 Å². The average Bonchev–Trinajstić information content (AvgIpc) is 3.12. The van der Waals surface area contributed by atoms with Gasteiger partial charge >= 0.3 is 5.97 Å². The van der Waals surface area contributed by atoms with Gasteiger partial charge in [-0.1, -0.05) is 43.3 Å². The van der Waals surface area contributed by atoms with Crippen LogP contribution in [0.25, 0.3) is 16.9 Å². The number of aliphatic carboxylic acids is 1. The number of likely N-dealkylation sites (N-methyl/N-ethyl adjacent to an activating group) is 1. The van der Waals surface area contributed by atoms with Crippen LogP contribution in [0.15, 0.2) is 54.7 Å². The molecule has 1 saturated heterocycles. The number of benzene rings is 1. The Bertz CT molecular complexity index is 961. The second kappa shape index (κ2) is 8.76. The number of carboxylic acid groups (broad SMARTS) is 1. The number of hydrogen-bond donors (Lipinski definition) is 1. The number of nitrogens with zero attached hydrogens (tertiary/aromatic N) is 4. The lowest BCUT2D eigenvalue weighted by Gasteiger charge is -2.37. The Balaban J connectivity index is 1.52. The second-order valence-corrected chi connectivity index (χ2v) is 7.67. The van der Waals surface area contributed by atoms with Gasteiger partial charge in [0.2, 0.25) is 0 Å². The molecule has 6 heteroatoms. The maximum absolute atomic E-state index is 11.1. The third kappa shape index (κ3) is 4.33. The Kier molecular flexibility index (Phi) is 5.92. The average molecular weight is 393 g/mol. The van der Waals surface area contributed by atoms with Crippen LogP contribution in [0.1, 0.15) is 25.5 Å². The van der Waals surface area contributed by atoms with E-state index in [1.54, 1.807) is 0 Å². The van der Waals surface area contributed by atoms with Crippen molar-refractivity contribution in [3.63, 3.8) is 0 Å². The Morgan fingerprint density at radius 2 is 1.86 bits per heavy atom. The molecule has 1 N–H and O–H groups in total. The normalized spacial score (nSPS) is 15.9. The Morgan fingerprint density at radius 1 is 1.14 bits per heavy atom. The number of hydrogen-bond acceptors (Lipinski definition) is 4. The van der Waals surface area contributed by atoms with Gasteiger partial charge in [0.05, 0.1) is 17.9 Å². The van der Waals surface area contributed by atoms with Crippen LogP contribution in [-0.4, -0.2) is 62.5 Å². The van der Waals surface area contributed by atoms with Crippen molar-refractivity contribution in [2.45, 2.75) is 32.4 Å². The van der Waals surface area contributed by atoms with Crippen molar-refractivity contribution in [3.05, 3.63) is 60.4 Å². The number of piperidine rings is 1. The van der Waals surface area contributed by atoms with Gasteiger partial charge in [-0.3, -0.25) is 14.6 Å². The highest BCUT2D eigenvalue weighted by molar-refractivity contribution is 5.69. The van der Waals surface area contributed by atoms with Crippen LogP contribution in [0.5, 0.6) is 0 Å². The van der Waals surface area contributed by atoms with Crippen LogP contribution in [0.2, 0.25) is 0 Å². The van der Waals surface area contributed by atoms with Crippen LogP contribution in [0, 0.1) is 0 Å². The number of carboxylic acids is 1. The first-order valence-electron chi connectivity index (χ1n) is 10.3. The molecule has 3 aromatic rings. The van der Waals surface area contributed by atoms with Gasteiger partial charge in [-0.15, -0.1) is 0 Å². The minimum absolute atomic E-state index is 0.132. The molecule has 1 fully saturated rings. The molecule has 0 saturated carbocycles. The summed E-state index contributed by atoms with van der Waals surface area (Å²) in [6.45, 7) is 5.73. The molecule has 0 spiro atoms. The molecule has 2 aromatic heterocycles. The first-order chi connectivity index (χ1) is 14.2. The molecule has 1 aliphatic rings. The SMILES string of the molecule is CCN(CC(=O)O)C1CCN(Cc2c(-c3ccccc3)nc3ccccn23)CC1. The maximum atomic E-state index is 11.1. The summed E-state index contributed by atoms with van der Waals surface area (Å²) in [4.78, 5) is 20.6. The Hall–Kier alpha value is -2.70. The van der Waals surface area contributed by atoms with Crippen LogP contribution in [0.4, 0.5) is 0 Å². The Morgan fingerprint density at radius 3 is 2.55 bits per heavy atom.